The highest BCUT2D eigenvalue weighted by Gasteiger charge is 2.30. The fourth-order valence-electron chi connectivity index (χ4n) is 3.70. The van der Waals surface area contributed by atoms with Crippen LogP contribution in [0.15, 0.2) is 60.7 Å². The van der Waals surface area contributed by atoms with Crippen molar-refractivity contribution in [2.24, 2.45) is 11.7 Å². The summed E-state index contributed by atoms with van der Waals surface area (Å²) < 4.78 is 48.6. The largest absolute Gasteiger partial charge is 0.489 e. The van der Waals surface area contributed by atoms with Crippen molar-refractivity contribution in [1.82, 2.24) is 19.9 Å². The molecule has 1 aliphatic heterocycles. The number of rotatable bonds is 13. The highest BCUT2D eigenvalue weighted by molar-refractivity contribution is 6.19. The molecule has 1 aromatic heterocycles. The molecule has 1 aliphatic rings. The van der Waals surface area contributed by atoms with Gasteiger partial charge in [0.05, 0.1) is 0 Å². The summed E-state index contributed by atoms with van der Waals surface area (Å²) in [6, 6.07) is 13.2. The first-order valence-electron chi connectivity index (χ1n) is 12.6. The quantitative estimate of drug-likeness (QED) is 0.196. The van der Waals surface area contributed by atoms with Crippen molar-refractivity contribution in [2.45, 2.75) is 12.7 Å². The van der Waals surface area contributed by atoms with Crippen LogP contribution >= 0.6 is 11.6 Å². The predicted molar refractivity (Wildman–Crippen MR) is 149 cm³/mol. The second-order valence-corrected chi connectivity index (χ2v) is 9.62. The Morgan fingerprint density at radius 3 is 2.37 bits per heavy atom. The van der Waals surface area contributed by atoms with E-state index >= 15 is 0 Å². The van der Waals surface area contributed by atoms with Gasteiger partial charge in [-0.2, -0.15) is 28.1 Å². The number of carbonyl (C=O) groups is 1. The molecule has 1 amide bonds. The monoisotopic (exact) mass is 591 g/mol. The molecule has 0 bridgehead atoms. The lowest BCUT2D eigenvalue weighted by Crippen LogP contribution is -2.52. The van der Waals surface area contributed by atoms with E-state index in [1.165, 1.54) is 0 Å². The molecule has 0 aliphatic carbocycles. The van der Waals surface area contributed by atoms with Crippen molar-refractivity contribution < 1.29 is 27.4 Å². The SMILES string of the molecule is C=C(CCl)COc1ccc(CNc2nc(Nc3ccc(C(=O)N4CC(CN)C4)cc3)nc(OCC(F)(F)F)n2)cc1. The van der Waals surface area contributed by atoms with E-state index in [4.69, 9.17) is 26.8 Å². The molecule has 3 aromatic rings. The van der Waals surface area contributed by atoms with Gasteiger partial charge in [0.25, 0.3) is 5.91 Å². The van der Waals surface area contributed by atoms with Crippen molar-refractivity contribution in [3.8, 4) is 11.8 Å². The minimum absolute atomic E-state index is 0.00236. The van der Waals surface area contributed by atoms with Crippen molar-refractivity contribution in [1.29, 1.82) is 0 Å². The first-order valence-corrected chi connectivity index (χ1v) is 13.2. The first-order chi connectivity index (χ1) is 19.6. The van der Waals surface area contributed by atoms with Gasteiger partial charge in [-0.1, -0.05) is 18.7 Å². The summed E-state index contributed by atoms with van der Waals surface area (Å²) in [4.78, 5) is 26.4. The minimum atomic E-state index is -4.57. The molecule has 218 valence electrons. The Labute approximate surface area is 239 Å². The Morgan fingerprint density at radius 2 is 1.73 bits per heavy atom. The van der Waals surface area contributed by atoms with Crippen LogP contribution in [-0.4, -0.2) is 70.7 Å². The second kappa shape index (κ2) is 13.5. The lowest BCUT2D eigenvalue weighted by molar-refractivity contribution is -0.154. The van der Waals surface area contributed by atoms with Gasteiger partial charge >= 0.3 is 12.2 Å². The Kier molecular flexibility index (Phi) is 9.84. The summed E-state index contributed by atoms with van der Waals surface area (Å²) in [5, 5.41) is 5.88. The molecule has 2 aromatic carbocycles. The van der Waals surface area contributed by atoms with Crippen LogP contribution < -0.4 is 25.8 Å². The Morgan fingerprint density at radius 1 is 1.05 bits per heavy atom. The van der Waals surface area contributed by atoms with E-state index in [1.54, 1.807) is 41.3 Å². The summed E-state index contributed by atoms with van der Waals surface area (Å²) in [5.41, 5.74) is 8.22. The highest BCUT2D eigenvalue weighted by Crippen LogP contribution is 2.23. The maximum Gasteiger partial charge on any atom is 0.422 e. The van der Waals surface area contributed by atoms with Gasteiger partial charge in [0.2, 0.25) is 11.9 Å². The molecule has 0 spiro atoms. The molecule has 0 saturated carbocycles. The van der Waals surface area contributed by atoms with Gasteiger partial charge in [0, 0.05) is 42.7 Å². The zero-order valence-electron chi connectivity index (χ0n) is 22.0. The number of aromatic nitrogens is 3. The molecule has 4 rings (SSSR count). The molecule has 1 fully saturated rings. The van der Waals surface area contributed by atoms with E-state index in [0.717, 1.165) is 11.1 Å². The number of alkyl halides is 4. The molecule has 10 nitrogen and oxygen atoms in total. The van der Waals surface area contributed by atoms with Crippen molar-refractivity contribution in [3.05, 3.63) is 71.8 Å². The lowest BCUT2D eigenvalue weighted by atomic mass is 9.99. The maximum atomic E-state index is 12.8. The number of likely N-dealkylation sites (tertiary alicyclic amines) is 1. The van der Waals surface area contributed by atoms with Crippen molar-refractivity contribution in [3.63, 3.8) is 0 Å². The molecule has 0 unspecified atom stereocenters. The van der Waals surface area contributed by atoms with Gasteiger partial charge in [0.1, 0.15) is 12.4 Å². The fourth-order valence-corrected chi connectivity index (χ4v) is 3.78. The van der Waals surface area contributed by atoms with Crippen LogP contribution in [-0.2, 0) is 6.54 Å². The molecule has 2 heterocycles. The number of nitrogens with zero attached hydrogens (tertiary/aromatic N) is 4. The smallest absolute Gasteiger partial charge is 0.422 e. The van der Waals surface area contributed by atoms with Gasteiger partial charge < -0.3 is 30.7 Å². The predicted octanol–water partition coefficient (Wildman–Crippen LogP) is 4.37. The number of anilines is 3. The molecule has 41 heavy (non-hydrogen) atoms. The summed E-state index contributed by atoms with van der Waals surface area (Å²) in [7, 11) is 0. The Balaban J connectivity index is 1.42. The molecule has 0 atom stereocenters. The number of carbonyl (C=O) groups excluding carboxylic acids is 1. The molecule has 14 heteroatoms. The van der Waals surface area contributed by atoms with Crippen LogP contribution in [0.25, 0.3) is 0 Å². The van der Waals surface area contributed by atoms with E-state index in [9.17, 15) is 18.0 Å². The van der Waals surface area contributed by atoms with Gasteiger partial charge in [-0.15, -0.1) is 11.6 Å². The Bertz CT molecular complexity index is 1340. The average molecular weight is 592 g/mol. The lowest BCUT2D eigenvalue weighted by Gasteiger charge is -2.38. The summed E-state index contributed by atoms with van der Waals surface area (Å²) in [6.45, 7) is 4.56. The van der Waals surface area contributed by atoms with E-state index < -0.39 is 18.8 Å². The van der Waals surface area contributed by atoms with Gasteiger partial charge in [-0.25, -0.2) is 0 Å². The third-order valence-corrected chi connectivity index (χ3v) is 6.33. The van der Waals surface area contributed by atoms with Gasteiger partial charge in [-0.05, 0) is 54.1 Å². The minimum Gasteiger partial charge on any atom is -0.489 e. The number of amides is 1. The van der Waals surface area contributed by atoms with Crippen LogP contribution in [0.5, 0.6) is 11.8 Å². The summed E-state index contributed by atoms with van der Waals surface area (Å²) in [5.74, 6) is 1.11. The van der Waals surface area contributed by atoms with E-state index in [2.05, 4.69) is 32.2 Å². The van der Waals surface area contributed by atoms with Crippen LogP contribution in [0.2, 0.25) is 0 Å². The number of benzene rings is 2. The van der Waals surface area contributed by atoms with Crippen LogP contribution in [0.3, 0.4) is 0 Å². The number of halogens is 4. The van der Waals surface area contributed by atoms with E-state index in [0.29, 0.717) is 55.0 Å². The fraction of sp³-hybridized carbons (Fsp3) is 0.333. The molecular weight excluding hydrogens is 563 g/mol. The van der Waals surface area contributed by atoms with Crippen LogP contribution in [0.4, 0.5) is 30.8 Å². The zero-order chi connectivity index (χ0) is 29.4. The van der Waals surface area contributed by atoms with E-state index in [-0.39, 0.29) is 24.3 Å². The highest BCUT2D eigenvalue weighted by atomic mass is 35.5. The molecule has 1 saturated heterocycles. The standard InChI is InChI=1S/C27H29ClF3N7O3/c1-17(10-28)15-40-22-8-2-18(3-9-22)12-33-24-35-25(37-26(36-24)41-16-27(29,30)31)34-21-6-4-20(5-7-21)23(39)38-13-19(11-32)14-38/h2-9,19H,1,10-16,32H2,(H2,33,34,35,36,37). The number of nitrogens with two attached hydrogens (primary N) is 1. The number of nitrogens with one attached hydrogen (secondary N) is 2. The van der Waals surface area contributed by atoms with Crippen molar-refractivity contribution >= 4 is 35.1 Å². The maximum absolute atomic E-state index is 12.8. The third kappa shape index (κ3) is 8.95. The number of hydrogen-bond acceptors (Lipinski definition) is 9. The van der Waals surface area contributed by atoms with Gasteiger partial charge in [0.15, 0.2) is 6.61 Å². The zero-order valence-corrected chi connectivity index (χ0v) is 22.7. The second-order valence-electron chi connectivity index (χ2n) is 9.35. The van der Waals surface area contributed by atoms with E-state index in [1.807, 2.05) is 12.1 Å². The average Bonchev–Trinajstić information content (AvgIpc) is 2.93. The summed E-state index contributed by atoms with van der Waals surface area (Å²) in [6.07, 6.45) is -4.57. The summed E-state index contributed by atoms with van der Waals surface area (Å²) >= 11 is 5.71. The first kappa shape index (κ1) is 29.9. The molecule has 4 N–H and O–H groups in total. The Hall–Kier alpha value is -4.10. The van der Waals surface area contributed by atoms with Crippen molar-refractivity contribution in [2.75, 3.05) is 49.4 Å². The number of ether oxygens (including phenoxy) is 2. The number of hydrogen-bond donors (Lipinski definition) is 3. The normalized spacial score (nSPS) is 13.3. The van der Waals surface area contributed by atoms with Crippen LogP contribution in [0, 0.1) is 5.92 Å². The topological polar surface area (TPSA) is 128 Å². The third-order valence-electron chi connectivity index (χ3n) is 5.95. The molecular formula is C27H29ClF3N7O3. The molecule has 0 radical (unpaired) electrons. The van der Waals surface area contributed by atoms with Crippen LogP contribution in [0.1, 0.15) is 15.9 Å². The van der Waals surface area contributed by atoms with Gasteiger partial charge in [-0.3, -0.25) is 4.79 Å².